The number of morpholine rings is 1. The van der Waals surface area contributed by atoms with E-state index in [-0.39, 0.29) is 18.0 Å². The second-order valence-electron chi connectivity index (χ2n) is 5.64. The first kappa shape index (κ1) is 15.1. The van der Waals surface area contributed by atoms with Gasteiger partial charge in [-0.15, -0.1) is 0 Å². The summed E-state index contributed by atoms with van der Waals surface area (Å²) in [7, 11) is -3.10. The average Bonchev–Trinajstić information content (AvgIpc) is 2.75. The van der Waals surface area contributed by atoms with E-state index in [1.807, 2.05) is 6.26 Å². The molecule has 2 atom stereocenters. The molecule has 0 amide bonds. The Hall–Kier alpha value is -0.860. The fraction of sp³-hybridized carbons (Fsp3) is 0.692. The molecule has 116 valence electrons. The van der Waals surface area contributed by atoms with E-state index < -0.39 is 9.84 Å². The molecule has 2 bridgehead atoms. The van der Waals surface area contributed by atoms with Gasteiger partial charge >= 0.3 is 0 Å². The molecule has 3 heterocycles. The molecule has 0 N–H and O–H groups in total. The summed E-state index contributed by atoms with van der Waals surface area (Å²) in [5, 5.41) is 0.616. The molecule has 1 aromatic heterocycles. The Labute approximate surface area is 129 Å². The van der Waals surface area contributed by atoms with E-state index in [9.17, 15) is 8.42 Å². The van der Waals surface area contributed by atoms with Crippen LogP contribution in [-0.2, 0) is 20.3 Å². The average molecular weight is 329 g/mol. The van der Waals surface area contributed by atoms with Gasteiger partial charge in [-0.1, -0.05) is 11.8 Å². The van der Waals surface area contributed by atoms with Crippen LogP contribution in [-0.4, -0.2) is 56.2 Å². The van der Waals surface area contributed by atoms with E-state index >= 15 is 0 Å². The monoisotopic (exact) mass is 329 g/mol. The quantitative estimate of drug-likeness (QED) is 0.605. The highest BCUT2D eigenvalue weighted by Gasteiger charge is 2.34. The summed E-state index contributed by atoms with van der Waals surface area (Å²) in [6.45, 7) is 1.64. The first-order chi connectivity index (χ1) is 9.93. The zero-order valence-corrected chi connectivity index (χ0v) is 13.8. The molecule has 2 aliphatic rings. The van der Waals surface area contributed by atoms with E-state index in [0.29, 0.717) is 10.9 Å². The Balaban J connectivity index is 1.88. The maximum Gasteiger partial charge on any atom is 0.189 e. The predicted molar refractivity (Wildman–Crippen MR) is 82.5 cm³/mol. The number of hydrogen-bond acceptors (Lipinski definition) is 7. The van der Waals surface area contributed by atoms with Gasteiger partial charge in [0, 0.05) is 25.4 Å². The number of sulfone groups is 1. The van der Waals surface area contributed by atoms with Crippen LogP contribution in [0.1, 0.15) is 18.5 Å². The second kappa shape index (κ2) is 5.73. The first-order valence-electron chi connectivity index (χ1n) is 6.93. The third kappa shape index (κ3) is 3.67. The van der Waals surface area contributed by atoms with Crippen LogP contribution in [0.3, 0.4) is 0 Å². The van der Waals surface area contributed by atoms with Crippen molar-refractivity contribution in [1.29, 1.82) is 0 Å². The van der Waals surface area contributed by atoms with Crippen molar-refractivity contribution in [2.75, 3.05) is 30.5 Å². The maximum atomic E-state index is 11.5. The van der Waals surface area contributed by atoms with E-state index in [4.69, 9.17) is 4.74 Å². The van der Waals surface area contributed by atoms with Crippen LogP contribution in [0.2, 0.25) is 0 Å². The fourth-order valence-corrected chi connectivity index (χ4v) is 3.94. The Morgan fingerprint density at radius 3 is 2.57 bits per heavy atom. The van der Waals surface area contributed by atoms with Crippen molar-refractivity contribution >= 4 is 27.4 Å². The number of ether oxygens (including phenoxy) is 1. The molecule has 2 unspecified atom stereocenters. The SMILES string of the molecule is CSc1nc(CS(C)(=O)=O)cc(N2CC3CCC(C2)O3)n1. The molecule has 6 nitrogen and oxygen atoms in total. The minimum absolute atomic E-state index is 0.0483. The molecule has 0 spiro atoms. The van der Waals surface area contributed by atoms with E-state index in [2.05, 4.69) is 14.9 Å². The van der Waals surface area contributed by atoms with Crippen molar-refractivity contribution in [2.45, 2.75) is 36.0 Å². The van der Waals surface area contributed by atoms with Gasteiger partial charge in [0.2, 0.25) is 0 Å². The van der Waals surface area contributed by atoms with Gasteiger partial charge in [0.25, 0.3) is 0 Å². The van der Waals surface area contributed by atoms with Crippen LogP contribution < -0.4 is 4.90 Å². The number of aromatic nitrogens is 2. The molecule has 0 aliphatic carbocycles. The van der Waals surface area contributed by atoms with Crippen LogP contribution in [0, 0.1) is 0 Å². The van der Waals surface area contributed by atoms with Gasteiger partial charge < -0.3 is 9.64 Å². The van der Waals surface area contributed by atoms with Gasteiger partial charge in [0.05, 0.1) is 23.7 Å². The molecular weight excluding hydrogens is 310 g/mol. The largest absolute Gasteiger partial charge is 0.371 e. The number of anilines is 1. The molecular formula is C13H19N3O3S2. The standard InChI is InChI=1S/C13H19N3O3S2/c1-20-13-14-9(8-21(2,17)18)5-12(15-13)16-6-10-3-4-11(7-16)19-10/h5,10-11H,3-4,6-8H2,1-2H3. The summed E-state index contributed by atoms with van der Waals surface area (Å²) in [4.78, 5) is 11.0. The van der Waals surface area contributed by atoms with Crippen molar-refractivity contribution in [3.05, 3.63) is 11.8 Å². The third-order valence-electron chi connectivity index (χ3n) is 3.71. The smallest absolute Gasteiger partial charge is 0.189 e. The molecule has 3 rings (SSSR count). The second-order valence-corrected chi connectivity index (χ2v) is 8.55. The summed E-state index contributed by atoms with van der Waals surface area (Å²) in [6.07, 6.45) is 5.86. The predicted octanol–water partition coefficient (Wildman–Crippen LogP) is 1.11. The molecule has 8 heteroatoms. The Morgan fingerprint density at radius 2 is 2.00 bits per heavy atom. The summed E-state index contributed by atoms with van der Waals surface area (Å²) in [5.74, 6) is 0.765. The summed E-state index contributed by atoms with van der Waals surface area (Å²) < 4.78 is 28.8. The van der Waals surface area contributed by atoms with Crippen LogP contribution in [0.5, 0.6) is 0 Å². The molecule has 1 aromatic rings. The number of nitrogens with zero attached hydrogens (tertiary/aromatic N) is 3. The van der Waals surface area contributed by atoms with Crippen molar-refractivity contribution < 1.29 is 13.2 Å². The molecule has 21 heavy (non-hydrogen) atoms. The normalized spacial score (nSPS) is 25.3. The van der Waals surface area contributed by atoms with Gasteiger partial charge in [-0.05, 0) is 19.1 Å². The Bertz CT molecular complexity index is 624. The van der Waals surface area contributed by atoms with Crippen molar-refractivity contribution in [3.63, 3.8) is 0 Å². The fourth-order valence-electron chi connectivity index (χ4n) is 2.86. The lowest BCUT2D eigenvalue weighted by molar-refractivity contribution is 0.0301. The molecule has 0 saturated carbocycles. The van der Waals surface area contributed by atoms with Crippen LogP contribution in [0.25, 0.3) is 0 Å². The van der Waals surface area contributed by atoms with E-state index in [1.165, 1.54) is 18.0 Å². The lowest BCUT2D eigenvalue weighted by atomic mass is 10.2. The molecule has 0 aromatic carbocycles. The zero-order chi connectivity index (χ0) is 15.0. The van der Waals surface area contributed by atoms with E-state index in [1.54, 1.807) is 6.07 Å². The molecule has 2 fully saturated rings. The zero-order valence-electron chi connectivity index (χ0n) is 12.2. The lowest BCUT2D eigenvalue weighted by Gasteiger charge is -2.33. The minimum Gasteiger partial charge on any atom is -0.371 e. The number of rotatable bonds is 4. The molecule has 0 radical (unpaired) electrons. The van der Waals surface area contributed by atoms with Crippen LogP contribution in [0.15, 0.2) is 11.2 Å². The van der Waals surface area contributed by atoms with Crippen molar-refractivity contribution in [2.24, 2.45) is 0 Å². The highest BCUT2D eigenvalue weighted by molar-refractivity contribution is 7.98. The summed E-state index contributed by atoms with van der Waals surface area (Å²) in [6, 6.07) is 1.80. The van der Waals surface area contributed by atoms with Crippen LogP contribution in [0.4, 0.5) is 5.82 Å². The van der Waals surface area contributed by atoms with Crippen molar-refractivity contribution in [3.8, 4) is 0 Å². The molecule has 2 aliphatic heterocycles. The Kier molecular flexibility index (Phi) is 4.11. The van der Waals surface area contributed by atoms with Gasteiger partial charge in [0.1, 0.15) is 5.82 Å². The highest BCUT2D eigenvalue weighted by atomic mass is 32.2. The topological polar surface area (TPSA) is 72.4 Å². The minimum atomic E-state index is -3.10. The maximum absolute atomic E-state index is 11.5. The van der Waals surface area contributed by atoms with Gasteiger partial charge in [-0.25, -0.2) is 18.4 Å². The third-order valence-corrected chi connectivity index (χ3v) is 5.07. The summed E-state index contributed by atoms with van der Waals surface area (Å²) in [5.41, 5.74) is 0.561. The van der Waals surface area contributed by atoms with Gasteiger partial charge in [0.15, 0.2) is 15.0 Å². The van der Waals surface area contributed by atoms with Crippen LogP contribution >= 0.6 is 11.8 Å². The highest BCUT2D eigenvalue weighted by Crippen LogP contribution is 2.29. The van der Waals surface area contributed by atoms with Gasteiger partial charge in [-0.2, -0.15) is 0 Å². The number of thioether (sulfide) groups is 1. The Morgan fingerprint density at radius 1 is 1.33 bits per heavy atom. The first-order valence-corrected chi connectivity index (χ1v) is 10.2. The lowest BCUT2D eigenvalue weighted by Crippen LogP contribution is -2.43. The van der Waals surface area contributed by atoms with Gasteiger partial charge in [-0.3, -0.25) is 0 Å². The number of fused-ring (bicyclic) bond motifs is 2. The number of hydrogen-bond donors (Lipinski definition) is 0. The summed E-state index contributed by atoms with van der Waals surface area (Å²) >= 11 is 1.43. The van der Waals surface area contributed by atoms with E-state index in [0.717, 1.165) is 31.7 Å². The van der Waals surface area contributed by atoms with Crippen molar-refractivity contribution in [1.82, 2.24) is 9.97 Å². The molecule has 2 saturated heterocycles.